The number of nitrogens with zero attached hydrogens (tertiary/aromatic N) is 2. The van der Waals surface area contributed by atoms with Gasteiger partial charge in [0.1, 0.15) is 0 Å². The number of benzene rings is 2. The van der Waals surface area contributed by atoms with Crippen molar-refractivity contribution in [1.82, 2.24) is 9.97 Å². The molecule has 0 radical (unpaired) electrons. The summed E-state index contributed by atoms with van der Waals surface area (Å²) in [6.45, 7) is 4.35. The minimum atomic E-state index is 0.180. The second-order valence-electron chi connectivity index (χ2n) is 6.59. The molecule has 1 aliphatic rings. The van der Waals surface area contributed by atoms with E-state index >= 15 is 0 Å². The van der Waals surface area contributed by atoms with E-state index in [0.717, 1.165) is 24.1 Å². The van der Waals surface area contributed by atoms with E-state index in [-0.39, 0.29) is 6.04 Å². The van der Waals surface area contributed by atoms with Gasteiger partial charge >= 0.3 is 0 Å². The Labute approximate surface area is 142 Å². The molecule has 0 spiro atoms. The minimum absolute atomic E-state index is 0.180. The van der Waals surface area contributed by atoms with Crippen LogP contribution >= 0.6 is 0 Å². The van der Waals surface area contributed by atoms with Crippen molar-refractivity contribution < 1.29 is 0 Å². The third-order valence-corrected chi connectivity index (χ3v) is 4.98. The predicted octanol–water partition coefficient (Wildman–Crippen LogP) is 4.37. The van der Waals surface area contributed by atoms with Gasteiger partial charge in [-0.3, -0.25) is 9.97 Å². The van der Waals surface area contributed by atoms with Gasteiger partial charge in [0.2, 0.25) is 0 Å². The Morgan fingerprint density at radius 2 is 1.88 bits per heavy atom. The Kier molecular flexibility index (Phi) is 3.66. The van der Waals surface area contributed by atoms with Crippen molar-refractivity contribution in [2.45, 2.75) is 32.7 Å². The zero-order chi connectivity index (χ0) is 16.7. The molecule has 24 heavy (non-hydrogen) atoms. The SMILES string of the molecule is Cc1cc(-c2cnccn2)cc(C)c1-c1cccc2c1CC[C@H]2N. The first-order valence-electron chi connectivity index (χ1n) is 8.40. The van der Waals surface area contributed by atoms with E-state index in [4.69, 9.17) is 5.73 Å². The molecule has 0 saturated carbocycles. The molecule has 1 atom stereocenters. The molecule has 3 heteroatoms. The monoisotopic (exact) mass is 315 g/mol. The lowest BCUT2D eigenvalue weighted by molar-refractivity contribution is 0.713. The first-order valence-corrected chi connectivity index (χ1v) is 8.40. The standard InChI is InChI=1S/C21H21N3/c1-13-10-15(20-12-23-8-9-24-20)11-14(2)21(13)18-5-3-4-17-16(18)6-7-19(17)22/h3-5,8-12,19H,6-7,22H2,1-2H3/t19-/m1/s1. The number of hydrogen-bond donors (Lipinski definition) is 1. The number of rotatable bonds is 2. The predicted molar refractivity (Wildman–Crippen MR) is 97.6 cm³/mol. The fourth-order valence-electron chi connectivity index (χ4n) is 3.91. The summed E-state index contributed by atoms with van der Waals surface area (Å²) in [6.07, 6.45) is 7.36. The zero-order valence-electron chi connectivity index (χ0n) is 14.1. The molecule has 0 saturated heterocycles. The first kappa shape index (κ1) is 15.0. The van der Waals surface area contributed by atoms with Crippen molar-refractivity contribution in [3.05, 3.63) is 71.2 Å². The summed E-state index contributed by atoms with van der Waals surface area (Å²) in [6, 6.07) is 11.1. The van der Waals surface area contributed by atoms with Crippen LogP contribution in [0.25, 0.3) is 22.4 Å². The van der Waals surface area contributed by atoms with Gasteiger partial charge < -0.3 is 5.73 Å². The molecule has 0 unspecified atom stereocenters. The van der Waals surface area contributed by atoms with Gasteiger partial charge in [-0.25, -0.2) is 0 Å². The summed E-state index contributed by atoms with van der Waals surface area (Å²) in [5, 5.41) is 0. The van der Waals surface area contributed by atoms with Crippen molar-refractivity contribution in [3.63, 3.8) is 0 Å². The van der Waals surface area contributed by atoms with Crippen LogP contribution in [0, 0.1) is 13.8 Å². The molecule has 1 aliphatic carbocycles. The second kappa shape index (κ2) is 5.84. The van der Waals surface area contributed by atoms with Crippen LogP contribution in [0.4, 0.5) is 0 Å². The number of hydrogen-bond acceptors (Lipinski definition) is 3. The van der Waals surface area contributed by atoms with E-state index in [2.05, 4.69) is 54.1 Å². The van der Waals surface area contributed by atoms with Crippen molar-refractivity contribution in [2.75, 3.05) is 0 Å². The van der Waals surface area contributed by atoms with Gasteiger partial charge in [0.05, 0.1) is 11.9 Å². The number of aromatic nitrogens is 2. The largest absolute Gasteiger partial charge is 0.324 e. The molecule has 2 N–H and O–H groups in total. The highest BCUT2D eigenvalue weighted by atomic mass is 14.8. The fraction of sp³-hybridized carbons (Fsp3) is 0.238. The lowest BCUT2D eigenvalue weighted by Gasteiger charge is -2.16. The third kappa shape index (κ3) is 2.42. The maximum atomic E-state index is 6.25. The lowest BCUT2D eigenvalue weighted by Crippen LogP contribution is -2.05. The molecule has 4 rings (SSSR count). The van der Waals surface area contributed by atoms with E-state index in [1.807, 2.05) is 6.20 Å². The van der Waals surface area contributed by atoms with Gasteiger partial charge in [0, 0.05) is 24.0 Å². The molecular weight excluding hydrogens is 294 g/mol. The Balaban J connectivity index is 1.87. The van der Waals surface area contributed by atoms with Gasteiger partial charge in [0.15, 0.2) is 0 Å². The van der Waals surface area contributed by atoms with Crippen molar-refractivity contribution in [2.24, 2.45) is 5.73 Å². The lowest BCUT2D eigenvalue weighted by atomic mass is 9.89. The molecule has 3 nitrogen and oxygen atoms in total. The Bertz CT molecular complexity index is 877. The number of aryl methyl sites for hydroxylation is 2. The summed E-state index contributed by atoms with van der Waals surface area (Å²) in [5.74, 6) is 0. The zero-order valence-corrected chi connectivity index (χ0v) is 14.1. The Morgan fingerprint density at radius 3 is 2.58 bits per heavy atom. The van der Waals surface area contributed by atoms with E-state index in [9.17, 15) is 0 Å². The summed E-state index contributed by atoms with van der Waals surface area (Å²) >= 11 is 0. The molecule has 0 aliphatic heterocycles. The average Bonchev–Trinajstić information content (AvgIpc) is 2.97. The average molecular weight is 315 g/mol. The Hall–Kier alpha value is -2.52. The van der Waals surface area contributed by atoms with Crippen LogP contribution in [-0.2, 0) is 6.42 Å². The molecular formula is C21H21N3. The second-order valence-corrected chi connectivity index (χ2v) is 6.59. The van der Waals surface area contributed by atoms with Gasteiger partial charge in [0.25, 0.3) is 0 Å². The van der Waals surface area contributed by atoms with Crippen LogP contribution < -0.4 is 5.73 Å². The van der Waals surface area contributed by atoms with Gasteiger partial charge in [-0.15, -0.1) is 0 Å². The topological polar surface area (TPSA) is 51.8 Å². The smallest absolute Gasteiger partial charge is 0.0885 e. The van der Waals surface area contributed by atoms with E-state index in [0.29, 0.717) is 0 Å². The summed E-state index contributed by atoms with van der Waals surface area (Å²) in [4.78, 5) is 8.60. The number of fused-ring (bicyclic) bond motifs is 1. The minimum Gasteiger partial charge on any atom is -0.324 e. The van der Waals surface area contributed by atoms with Crippen LogP contribution in [0.1, 0.15) is 34.7 Å². The highest BCUT2D eigenvalue weighted by Crippen LogP contribution is 2.39. The van der Waals surface area contributed by atoms with Crippen LogP contribution in [0.5, 0.6) is 0 Å². The normalized spacial score (nSPS) is 16.2. The Morgan fingerprint density at radius 1 is 1.08 bits per heavy atom. The van der Waals surface area contributed by atoms with E-state index in [1.54, 1.807) is 12.4 Å². The molecule has 1 heterocycles. The molecule has 120 valence electrons. The third-order valence-electron chi connectivity index (χ3n) is 4.98. The van der Waals surface area contributed by atoms with Crippen molar-refractivity contribution in [1.29, 1.82) is 0 Å². The molecule has 0 fully saturated rings. The van der Waals surface area contributed by atoms with E-state index < -0.39 is 0 Å². The van der Waals surface area contributed by atoms with E-state index in [1.165, 1.54) is 33.4 Å². The summed E-state index contributed by atoms with van der Waals surface area (Å²) in [7, 11) is 0. The molecule has 1 aromatic heterocycles. The summed E-state index contributed by atoms with van der Waals surface area (Å²) < 4.78 is 0. The van der Waals surface area contributed by atoms with Crippen molar-refractivity contribution in [3.8, 4) is 22.4 Å². The van der Waals surface area contributed by atoms with Crippen LogP contribution in [0.15, 0.2) is 48.9 Å². The highest BCUT2D eigenvalue weighted by Gasteiger charge is 2.23. The quantitative estimate of drug-likeness (QED) is 0.764. The fourth-order valence-corrected chi connectivity index (χ4v) is 3.91. The van der Waals surface area contributed by atoms with Crippen LogP contribution in [0.2, 0.25) is 0 Å². The molecule has 3 aromatic rings. The molecule has 0 amide bonds. The first-order chi connectivity index (χ1) is 11.6. The van der Waals surface area contributed by atoms with Crippen LogP contribution in [0.3, 0.4) is 0 Å². The number of nitrogens with two attached hydrogens (primary N) is 1. The van der Waals surface area contributed by atoms with Crippen LogP contribution in [-0.4, -0.2) is 9.97 Å². The maximum absolute atomic E-state index is 6.25. The van der Waals surface area contributed by atoms with Crippen molar-refractivity contribution >= 4 is 0 Å². The van der Waals surface area contributed by atoms with Gasteiger partial charge in [-0.2, -0.15) is 0 Å². The molecule has 0 bridgehead atoms. The maximum Gasteiger partial charge on any atom is 0.0885 e. The van der Waals surface area contributed by atoms with Gasteiger partial charge in [-0.05, 0) is 72.2 Å². The molecule has 2 aromatic carbocycles. The summed E-state index contributed by atoms with van der Waals surface area (Å²) in [5.41, 5.74) is 16.2. The van der Waals surface area contributed by atoms with Gasteiger partial charge in [-0.1, -0.05) is 18.2 Å². The highest BCUT2D eigenvalue weighted by molar-refractivity contribution is 5.78.